The Kier molecular flexibility index (Phi) is 4.01. The van der Waals surface area contributed by atoms with Gasteiger partial charge < -0.3 is 4.98 Å². The quantitative estimate of drug-likeness (QED) is 0.879. The topological polar surface area (TPSA) is 74.8 Å². The van der Waals surface area contributed by atoms with Crippen LogP contribution >= 0.6 is 0 Å². The minimum absolute atomic E-state index is 0.104. The molecule has 0 aliphatic rings. The maximum absolute atomic E-state index is 12.2. The third kappa shape index (κ3) is 3.21. The van der Waals surface area contributed by atoms with Gasteiger partial charge in [-0.1, -0.05) is 37.3 Å². The molecule has 0 saturated heterocycles. The number of rotatable bonds is 5. The molecule has 0 fully saturated rings. The Morgan fingerprint density at radius 1 is 1.32 bits per heavy atom. The highest BCUT2D eigenvalue weighted by molar-refractivity contribution is 7.89. The summed E-state index contributed by atoms with van der Waals surface area (Å²) < 4.78 is 27.0. The molecular formula is C13H17N3O2S. The summed E-state index contributed by atoms with van der Waals surface area (Å²) >= 11 is 0. The third-order valence-electron chi connectivity index (χ3n) is 2.86. The smallest absolute Gasteiger partial charge is 0.258 e. The van der Waals surface area contributed by atoms with Gasteiger partial charge in [-0.15, -0.1) is 0 Å². The van der Waals surface area contributed by atoms with E-state index in [1.807, 2.05) is 44.2 Å². The molecule has 0 unspecified atom stereocenters. The van der Waals surface area contributed by atoms with Gasteiger partial charge in [0.05, 0.1) is 6.20 Å². The summed E-state index contributed by atoms with van der Waals surface area (Å²) in [5, 5.41) is 0.104. The van der Waals surface area contributed by atoms with Crippen LogP contribution in [0.2, 0.25) is 0 Å². The number of hydrogen-bond acceptors (Lipinski definition) is 3. The number of H-pyrrole nitrogens is 1. The lowest BCUT2D eigenvalue weighted by Gasteiger charge is -2.13. The zero-order chi connectivity index (χ0) is 13.9. The zero-order valence-electron chi connectivity index (χ0n) is 10.9. The summed E-state index contributed by atoms with van der Waals surface area (Å²) in [5.41, 5.74) is 0.918. The summed E-state index contributed by atoms with van der Waals surface area (Å²) in [5.74, 6) is 0.660. The first-order valence-corrected chi connectivity index (χ1v) is 7.62. The minimum Gasteiger partial charge on any atom is -0.332 e. The fourth-order valence-electron chi connectivity index (χ4n) is 1.77. The van der Waals surface area contributed by atoms with Crippen LogP contribution in [0.1, 0.15) is 31.3 Å². The molecule has 0 aliphatic carbocycles. The van der Waals surface area contributed by atoms with Crippen molar-refractivity contribution < 1.29 is 8.42 Å². The summed E-state index contributed by atoms with van der Waals surface area (Å²) in [6, 6.07) is 9.14. The first-order valence-electron chi connectivity index (χ1n) is 6.14. The normalized spacial score (nSPS) is 13.4. The summed E-state index contributed by atoms with van der Waals surface area (Å²) in [6.07, 6.45) is 2.02. The van der Waals surface area contributed by atoms with Crippen LogP contribution in [-0.4, -0.2) is 18.4 Å². The van der Waals surface area contributed by atoms with E-state index < -0.39 is 10.0 Å². The minimum atomic E-state index is -3.56. The molecule has 0 saturated carbocycles. The first kappa shape index (κ1) is 13.8. The highest BCUT2D eigenvalue weighted by atomic mass is 32.2. The Labute approximate surface area is 113 Å². The summed E-state index contributed by atoms with van der Waals surface area (Å²) in [6.45, 7) is 3.72. The van der Waals surface area contributed by atoms with Crippen LogP contribution in [-0.2, 0) is 16.4 Å². The molecule has 1 aromatic carbocycles. The predicted octanol–water partition coefficient (Wildman–Crippen LogP) is 2.01. The fourth-order valence-corrected chi connectivity index (χ4v) is 2.94. The fraction of sp³-hybridized carbons (Fsp3) is 0.308. The van der Waals surface area contributed by atoms with Gasteiger partial charge in [0.15, 0.2) is 5.03 Å². The van der Waals surface area contributed by atoms with Gasteiger partial charge in [0.2, 0.25) is 0 Å². The number of benzene rings is 1. The lowest BCUT2D eigenvalue weighted by molar-refractivity contribution is 0.563. The van der Waals surface area contributed by atoms with Crippen molar-refractivity contribution in [3.63, 3.8) is 0 Å². The van der Waals surface area contributed by atoms with Gasteiger partial charge in [-0.3, -0.25) is 0 Å². The van der Waals surface area contributed by atoms with E-state index in [0.29, 0.717) is 12.2 Å². The number of sulfonamides is 1. The Balaban J connectivity index is 2.17. The Bertz CT molecular complexity index is 635. The number of aromatic nitrogens is 2. The summed E-state index contributed by atoms with van der Waals surface area (Å²) in [7, 11) is -3.56. The Morgan fingerprint density at radius 2 is 2.00 bits per heavy atom. The lowest BCUT2D eigenvalue weighted by Crippen LogP contribution is -2.27. The average molecular weight is 279 g/mol. The molecule has 2 rings (SSSR count). The number of aromatic amines is 1. The van der Waals surface area contributed by atoms with Crippen molar-refractivity contribution in [1.82, 2.24) is 14.7 Å². The maximum Gasteiger partial charge on any atom is 0.258 e. The van der Waals surface area contributed by atoms with Crippen LogP contribution < -0.4 is 4.72 Å². The Hall–Kier alpha value is -1.66. The van der Waals surface area contributed by atoms with Crippen molar-refractivity contribution in [2.75, 3.05) is 0 Å². The molecule has 0 amide bonds. The number of nitrogens with one attached hydrogen (secondary N) is 2. The van der Waals surface area contributed by atoms with Crippen molar-refractivity contribution in [2.24, 2.45) is 0 Å². The lowest BCUT2D eigenvalue weighted by atomic mass is 10.1. The van der Waals surface area contributed by atoms with E-state index in [-0.39, 0.29) is 11.1 Å². The number of hydrogen-bond donors (Lipinski definition) is 2. The van der Waals surface area contributed by atoms with Crippen LogP contribution in [0, 0.1) is 0 Å². The second-order valence-electron chi connectivity index (χ2n) is 4.30. The predicted molar refractivity (Wildman–Crippen MR) is 73.1 cm³/mol. The van der Waals surface area contributed by atoms with E-state index in [0.717, 1.165) is 5.56 Å². The molecule has 6 heteroatoms. The van der Waals surface area contributed by atoms with Crippen LogP contribution in [0.5, 0.6) is 0 Å². The van der Waals surface area contributed by atoms with Gasteiger partial charge in [-0.05, 0) is 12.5 Å². The molecule has 1 atom stereocenters. The molecule has 19 heavy (non-hydrogen) atoms. The van der Waals surface area contributed by atoms with Gasteiger partial charge in [0.25, 0.3) is 10.0 Å². The highest BCUT2D eigenvalue weighted by Gasteiger charge is 2.20. The molecule has 0 spiro atoms. The molecule has 1 heterocycles. The molecule has 0 aliphatic heterocycles. The van der Waals surface area contributed by atoms with Gasteiger partial charge in [0, 0.05) is 12.5 Å². The standard InChI is InChI=1S/C13H17N3O2S/c1-3-12-14-9-13(15-12)19(17,18)16-10(2)11-7-5-4-6-8-11/h4-10,16H,3H2,1-2H3,(H,14,15)/t10-/m1/s1. The average Bonchev–Trinajstić information content (AvgIpc) is 2.89. The van der Waals surface area contributed by atoms with Gasteiger partial charge in [0.1, 0.15) is 5.82 Å². The number of nitrogens with zero attached hydrogens (tertiary/aromatic N) is 1. The number of aryl methyl sites for hydroxylation is 1. The van der Waals surface area contributed by atoms with E-state index in [1.54, 1.807) is 0 Å². The van der Waals surface area contributed by atoms with Crippen LogP contribution in [0.3, 0.4) is 0 Å². The van der Waals surface area contributed by atoms with Crippen LogP contribution in [0.15, 0.2) is 41.6 Å². The second kappa shape index (κ2) is 5.54. The van der Waals surface area contributed by atoms with E-state index in [2.05, 4.69) is 14.7 Å². The largest absolute Gasteiger partial charge is 0.332 e. The monoisotopic (exact) mass is 279 g/mol. The van der Waals surface area contributed by atoms with Crippen LogP contribution in [0.25, 0.3) is 0 Å². The van der Waals surface area contributed by atoms with E-state index >= 15 is 0 Å². The maximum atomic E-state index is 12.2. The van der Waals surface area contributed by atoms with E-state index in [1.165, 1.54) is 6.20 Å². The Morgan fingerprint density at radius 3 is 2.58 bits per heavy atom. The molecule has 0 bridgehead atoms. The molecular weight excluding hydrogens is 262 g/mol. The second-order valence-corrected chi connectivity index (χ2v) is 5.98. The van der Waals surface area contributed by atoms with Crippen molar-refractivity contribution in [2.45, 2.75) is 31.3 Å². The van der Waals surface area contributed by atoms with Crippen LogP contribution in [0.4, 0.5) is 0 Å². The van der Waals surface area contributed by atoms with Crippen molar-refractivity contribution in [3.8, 4) is 0 Å². The summed E-state index contributed by atoms with van der Waals surface area (Å²) in [4.78, 5) is 6.80. The van der Waals surface area contributed by atoms with Crippen molar-refractivity contribution in [3.05, 3.63) is 47.9 Å². The molecule has 2 aromatic rings. The zero-order valence-corrected chi connectivity index (χ0v) is 11.7. The molecule has 0 radical (unpaired) electrons. The molecule has 102 valence electrons. The molecule has 5 nitrogen and oxygen atoms in total. The third-order valence-corrected chi connectivity index (χ3v) is 4.31. The molecule has 1 aromatic heterocycles. The van der Waals surface area contributed by atoms with Gasteiger partial charge >= 0.3 is 0 Å². The van der Waals surface area contributed by atoms with Crippen molar-refractivity contribution in [1.29, 1.82) is 0 Å². The first-order chi connectivity index (χ1) is 9.03. The van der Waals surface area contributed by atoms with Crippen molar-refractivity contribution >= 4 is 10.0 Å². The SMILES string of the molecule is CCc1ncc(S(=O)(=O)N[C@H](C)c2ccccc2)[nH]1. The number of imidazole rings is 1. The van der Waals surface area contributed by atoms with Gasteiger partial charge in [-0.2, -0.15) is 0 Å². The molecule has 2 N–H and O–H groups in total. The van der Waals surface area contributed by atoms with E-state index in [4.69, 9.17) is 0 Å². The van der Waals surface area contributed by atoms with Gasteiger partial charge in [-0.25, -0.2) is 18.1 Å². The van der Waals surface area contributed by atoms with E-state index in [9.17, 15) is 8.42 Å². The highest BCUT2D eigenvalue weighted by Crippen LogP contribution is 2.15.